The summed E-state index contributed by atoms with van der Waals surface area (Å²) in [5.74, 6) is 0.674. The molecule has 3 heterocycles. The fourth-order valence-electron chi connectivity index (χ4n) is 3.49. The number of methoxy groups -OCH3 is 1. The quantitative estimate of drug-likeness (QED) is 0.758. The van der Waals surface area contributed by atoms with Crippen molar-refractivity contribution in [1.29, 1.82) is 0 Å². The second kappa shape index (κ2) is 6.89. The molecule has 2 aromatic rings. The van der Waals surface area contributed by atoms with E-state index in [2.05, 4.69) is 4.98 Å². The van der Waals surface area contributed by atoms with E-state index in [-0.39, 0.29) is 18.0 Å². The third-order valence-corrected chi connectivity index (χ3v) is 4.58. The van der Waals surface area contributed by atoms with Crippen LogP contribution in [0.15, 0.2) is 30.1 Å². The summed E-state index contributed by atoms with van der Waals surface area (Å²) in [6, 6.07) is 7.79. The van der Waals surface area contributed by atoms with Gasteiger partial charge in [0.15, 0.2) is 0 Å². The predicted octanol–water partition coefficient (Wildman–Crippen LogP) is 5.21. The fraction of sp³-hybridized carbons (Fsp3) is 0.450. The van der Waals surface area contributed by atoms with Crippen molar-refractivity contribution < 1.29 is 13.9 Å². The Bertz CT molecular complexity index is 785. The van der Waals surface area contributed by atoms with Gasteiger partial charge in [-0.2, -0.15) is 0 Å². The van der Waals surface area contributed by atoms with Gasteiger partial charge < -0.3 is 9.47 Å². The summed E-state index contributed by atoms with van der Waals surface area (Å²) >= 11 is 0. The number of aryl methyl sites for hydroxylation is 1. The Balaban J connectivity index is 0.000000815. The number of hydrogen-bond donors (Lipinski definition) is 0. The van der Waals surface area contributed by atoms with Crippen LogP contribution in [0.5, 0.6) is 5.75 Å². The first-order valence-corrected chi connectivity index (χ1v) is 8.65. The Labute approximate surface area is 142 Å². The zero-order chi connectivity index (χ0) is 17.3. The lowest BCUT2D eigenvalue weighted by atomic mass is 9.96. The molecule has 1 aromatic heterocycles. The summed E-state index contributed by atoms with van der Waals surface area (Å²) in [5, 5.41) is 0.921. The summed E-state index contributed by atoms with van der Waals surface area (Å²) < 4.78 is 25.7. The lowest BCUT2D eigenvalue weighted by Gasteiger charge is -2.23. The van der Waals surface area contributed by atoms with E-state index in [4.69, 9.17) is 9.47 Å². The van der Waals surface area contributed by atoms with Crippen LogP contribution in [0, 0.1) is 6.92 Å². The highest BCUT2D eigenvalue weighted by Gasteiger charge is 2.36. The molecule has 3 nitrogen and oxygen atoms in total. The topological polar surface area (TPSA) is 31.4 Å². The molecule has 1 saturated heterocycles. The number of halogens is 1. The first-order valence-electron chi connectivity index (χ1n) is 8.65. The molecule has 2 atom stereocenters. The third kappa shape index (κ3) is 2.91. The van der Waals surface area contributed by atoms with Crippen LogP contribution in [-0.4, -0.2) is 24.3 Å². The molecule has 0 amide bonds. The number of nitrogens with zero attached hydrogens (tertiary/aromatic N) is 1. The van der Waals surface area contributed by atoms with Gasteiger partial charge in [0.25, 0.3) is 0 Å². The van der Waals surface area contributed by atoms with Crippen molar-refractivity contribution in [3.05, 3.63) is 41.3 Å². The largest absolute Gasteiger partial charge is 0.496 e. The van der Waals surface area contributed by atoms with Gasteiger partial charge in [-0.25, -0.2) is 4.39 Å². The molecule has 128 valence electrons. The van der Waals surface area contributed by atoms with Crippen molar-refractivity contribution in [2.45, 2.75) is 52.2 Å². The molecule has 2 aliphatic rings. The molecule has 1 unspecified atom stereocenters. The number of pyridine rings is 1. The van der Waals surface area contributed by atoms with Gasteiger partial charge >= 0.3 is 0 Å². The molecule has 0 saturated carbocycles. The predicted molar refractivity (Wildman–Crippen MR) is 94.9 cm³/mol. The highest BCUT2D eigenvalue weighted by molar-refractivity contribution is 5.89. The SMILES string of the molecule is CC.COc1cc(C)nc2ccc(C3=C(F)C4CC[C@H](C3)O4)cc12. The molecule has 0 spiro atoms. The molecule has 2 aliphatic heterocycles. The van der Waals surface area contributed by atoms with E-state index >= 15 is 0 Å². The Kier molecular flexibility index (Phi) is 4.86. The van der Waals surface area contributed by atoms with Gasteiger partial charge in [0, 0.05) is 23.6 Å². The standard InChI is InChI=1S/C18H18FNO2.C2H6/c1-10-7-17(21-2)14-8-11(3-5-15(14)20-10)13-9-12-4-6-16(22-12)18(13)19;1-2/h3,5,7-8,12,16H,4,6,9H2,1-2H3;1-2H3/t12-,16?;/m1./s1. The van der Waals surface area contributed by atoms with Crippen LogP contribution in [0.3, 0.4) is 0 Å². The van der Waals surface area contributed by atoms with Gasteiger partial charge in [-0.3, -0.25) is 4.98 Å². The van der Waals surface area contributed by atoms with Gasteiger partial charge in [0.05, 0.1) is 18.7 Å². The Morgan fingerprint density at radius 2 is 2.00 bits per heavy atom. The number of benzene rings is 1. The Morgan fingerprint density at radius 1 is 1.21 bits per heavy atom. The minimum atomic E-state index is -0.345. The van der Waals surface area contributed by atoms with Crippen LogP contribution in [0.2, 0.25) is 0 Å². The first-order chi connectivity index (χ1) is 11.7. The smallest absolute Gasteiger partial charge is 0.133 e. The first kappa shape index (κ1) is 16.9. The van der Waals surface area contributed by atoms with Crippen molar-refractivity contribution in [3.8, 4) is 5.75 Å². The lowest BCUT2D eigenvalue weighted by molar-refractivity contribution is 0.0463. The normalized spacial score (nSPS) is 22.4. The van der Waals surface area contributed by atoms with Crippen molar-refractivity contribution in [2.24, 2.45) is 0 Å². The minimum absolute atomic E-state index is 0.105. The summed E-state index contributed by atoms with van der Waals surface area (Å²) in [6.07, 6.45) is 2.20. The van der Waals surface area contributed by atoms with Crippen LogP contribution < -0.4 is 4.74 Å². The second-order valence-corrected chi connectivity index (χ2v) is 6.05. The van der Waals surface area contributed by atoms with E-state index in [0.717, 1.165) is 46.3 Å². The van der Waals surface area contributed by atoms with E-state index in [1.165, 1.54) is 0 Å². The van der Waals surface area contributed by atoms with Crippen molar-refractivity contribution in [3.63, 3.8) is 0 Å². The van der Waals surface area contributed by atoms with Gasteiger partial charge in [-0.05, 0) is 43.0 Å². The molecule has 2 bridgehead atoms. The van der Waals surface area contributed by atoms with Gasteiger partial charge in [0.1, 0.15) is 17.7 Å². The average Bonchev–Trinajstić information content (AvgIpc) is 3.02. The molecular weight excluding hydrogens is 305 g/mol. The number of aromatic nitrogens is 1. The van der Waals surface area contributed by atoms with Crippen LogP contribution in [0.25, 0.3) is 16.5 Å². The Morgan fingerprint density at radius 3 is 2.75 bits per heavy atom. The maximum Gasteiger partial charge on any atom is 0.133 e. The molecule has 0 radical (unpaired) electrons. The summed E-state index contributed by atoms with van der Waals surface area (Å²) in [4.78, 5) is 4.52. The van der Waals surface area contributed by atoms with Crippen molar-refractivity contribution in [2.75, 3.05) is 7.11 Å². The monoisotopic (exact) mass is 329 g/mol. The summed E-state index contributed by atoms with van der Waals surface area (Å²) in [7, 11) is 1.65. The van der Waals surface area contributed by atoms with Crippen LogP contribution in [-0.2, 0) is 4.74 Å². The molecule has 1 fully saturated rings. The van der Waals surface area contributed by atoms with E-state index in [1.807, 2.05) is 45.0 Å². The third-order valence-electron chi connectivity index (χ3n) is 4.58. The number of rotatable bonds is 2. The zero-order valence-corrected chi connectivity index (χ0v) is 14.7. The van der Waals surface area contributed by atoms with Gasteiger partial charge in [-0.1, -0.05) is 19.9 Å². The molecular formula is C20H24FNO2. The molecule has 1 aromatic carbocycles. The lowest BCUT2D eigenvalue weighted by Crippen LogP contribution is -2.19. The van der Waals surface area contributed by atoms with Crippen LogP contribution >= 0.6 is 0 Å². The highest BCUT2D eigenvalue weighted by Crippen LogP contribution is 2.42. The van der Waals surface area contributed by atoms with Crippen LogP contribution in [0.4, 0.5) is 4.39 Å². The maximum absolute atomic E-state index is 14.6. The molecule has 24 heavy (non-hydrogen) atoms. The Hall–Kier alpha value is -1.94. The van der Waals surface area contributed by atoms with Crippen LogP contribution in [0.1, 0.15) is 44.4 Å². The number of ether oxygens (including phenoxy) is 2. The van der Waals surface area contributed by atoms with E-state index in [9.17, 15) is 4.39 Å². The van der Waals surface area contributed by atoms with Crippen molar-refractivity contribution >= 4 is 16.5 Å². The number of hydrogen-bond acceptors (Lipinski definition) is 3. The molecule has 0 aliphatic carbocycles. The zero-order valence-electron chi connectivity index (χ0n) is 14.7. The molecule has 4 rings (SSSR count). The maximum atomic E-state index is 14.6. The summed E-state index contributed by atoms with van der Waals surface area (Å²) in [6.45, 7) is 5.94. The molecule has 0 N–H and O–H groups in total. The second-order valence-electron chi connectivity index (χ2n) is 6.05. The van der Waals surface area contributed by atoms with E-state index in [0.29, 0.717) is 6.42 Å². The highest BCUT2D eigenvalue weighted by atomic mass is 19.1. The van der Waals surface area contributed by atoms with Crippen molar-refractivity contribution in [1.82, 2.24) is 4.98 Å². The minimum Gasteiger partial charge on any atom is -0.496 e. The van der Waals surface area contributed by atoms with E-state index < -0.39 is 0 Å². The fourth-order valence-corrected chi connectivity index (χ4v) is 3.49. The summed E-state index contributed by atoms with van der Waals surface area (Å²) in [5.41, 5.74) is 3.47. The van der Waals surface area contributed by atoms with Gasteiger partial charge in [-0.15, -0.1) is 0 Å². The average molecular weight is 329 g/mol. The number of fused-ring (bicyclic) bond motifs is 3. The van der Waals surface area contributed by atoms with Gasteiger partial charge in [0.2, 0.25) is 0 Å². The molecule has 4 heteroatoms. The van der Waals surface area contributed by atoms with E-state index in [1.54, 1.807) is 7.11 Å².